The summed E-state index contributed by atoms with van der Waals surface area (Å²) in [5.74, 6) is 1.94. The first-order chi connectivity index (χ1) is 14.3. The number of hydrogen-bond donors (Lipinski definition) is 1. The van der Waals surface area contributed by atoms with Crippen molar-refractivity contribution in [2.45, 2.75) is 12.8 Å². The van der Waals surface area contributed by atoms with E-state index < -0.39 is 10.0 Å². The van der Waals surface area contributed by atoms with E-state index >= 15 is 0 Å². The molecule has 0 aromatic heterocycles. The molecule has 0 spiro atoms. The second-order valence-corrected chi connectivity index (χ2v) is 9.05. The second-order valence-electron chi connectivity index (χ2n) is 7.07. The van der Waals surface area contributed by atoms with Crippen molar-refractivity contribution in [3.8, 4) is 23.0 Å². The molecule has 1 saturated heterocycles. The number of hydrogen-bond acceptors (Lipinski definition) is 6. The van der Waals surface area contributed by atoms with Crippen molar-refractivity contribution in [3.63, 3.8) is 0 Å². The maximum absolute atomic E-state index is 12.7. The average Bonchev–Trinajstić information content (AvgIpc) is 2.74. The highest BCUT2D eigenvalue weighted by molar-refractivity contribution is 7.88. The van der Waals surface area contributed by atoms with Crippen LogP contribution in [0.25, 0.3) is 0 Å². The third-order valence-electron chi connectivity index (χ3n) is 5.01. The Bertz CT molecular complexity index is 983. The quantitative estimate of drug-likeness (QED) is 0.720. The molecule has 1 amide bonds. The van der Waals surface area contributed by atoms with Crippen LogP contribution in [0.4, 0.5) is 5.69 Å². The number of methoxy groups -OCH3 is 2. The lowest BCUT2D eigenvalue weighted by Crippen LogP contribution is -2.40. The molecule has 0 atom stereocenters. The van der Waals surface area contributed by atoms with Crippen LogP contribution in [0.15, 0.2) is 42.5 Å². The average molecular weight is 435 g/mol. The maximum atomic E-state index is 12.7. The van der Waals surface area contributed by atoms with Gasteiger partial charge in [0.1, 0.15) is 11.5 Å². The molecule has 1 aliphatic heterocycles. The van der Waals surface area contributed by atoms with E-state index in [0.717, 1.165) is 5.75 Å². The lowest BCUT2D eigenvalue weighted by atomic mass is 9.97. The fraction of sp³-hybridized carbons (Fsp3) is 0.381. The van der Waals surface area contributed by atoms with Crippen LogP contribution >= 0.6 is 0 Å². The van der Waals surface area contributed by atoms with Crippen molar-refractivity contribution in [3.05, 3.63) is 42.5 Å². The van der Waals surface area contributed by atoms with Gasteiger partial charge in [-0.25, -0.2) is 12.7 Å². The molecule has 1 fully saturated rings. The topological polar surface area (TPSA) is 94.2 Å². The van der Waals surface area contributed by atoms with Gasteiger partial charge < -0.3 is 19.5 Å². The van der Waals surface area contributed by atoms with Crippen LogP contribution in [-0.4, -0.2) is 52.2 Å². The van der Waals surface area contributed by atoms with Crippen molar-refractivity contribution in [2.24, 2.45) is 5.92 Å². The Morgan fingerprint density at radius 2 is 1.60 bits per heavy atom. The van der Waals surface area contributed by atoms with Crippen molar-refractivity contribution in [1.29, 1.82) is 0 Å². The van der Waals surface area contributed by atoms with Crippen LogP contribution in [-0.2, 0) is 14.8 Å². The number of carbonyl (C=O) groups is 1. The zero-order chi connectivity index (χ0) is 21.7. The van der Waals surface area contributed by atoms with Crippen LogP contribution in [0.5, 0.6) is 23.0 Å². The molecule has 0 aliphatic carbocycles. The van der Waals surface area contributed by atoms with Crippen molar-refractivity contribution in [2.75, 3.05) is 38.9 Å². The first-order valence-electron chi connectivity index (χ1n) is 9.56. The van der Waals surface area contributed by atoms with E-state index in [9.17, 15) is 13.2 Å². The molecule has 3 rings (SSSR count). The van der Waals surface area contributed by atoms with Gasteiger partial charge in [0, 0.05) is 30.8 Å². The molecule has 162 valence electrons. The number of nitrogens with one attached hydrogen (secondary N) is 1. The van der Waals surface area contributed by atoms with Gasteiger partial charge in [-0.1, -0.05) is 0 Å². The molecule has 0 saturated carbocycles. The van der Waals surface area contributed by atoms with Crippen LogP contribution in [0.3, 0.4) is 0 Å². The number of amides is 1. The first kappa shape index (κ1) is 21.9. The van der Waals surface area contributed by atoms with Crippen LogP contribution in [0.1, 0.15) is 12.8 Å². The van der Waals surface area contributed by atoms with E-state index in [-0.39, 0.29) is 11.8 Å². The SMILES string of the molecule is COc1ccc(Oc2cc(NC(=O)C3CCN(S(C)(=O)=O)CC3)ccc2OC)cc1. The maximum Gasteiger partial charge on any atom is 0.227 e. The zero-order valence-electron chi connectivity index (χ0n) is 17.3. The minimum atomic E-state index is -3.22. The van der Waals surface area contributed by atoms with E-state index in [1.165, 1.54) is 10.6 Å². The van der Waals surface area contributed by atoms with Gasteiger partial charge in [-0.2, -0.15) is 0 Å². The van der Waals surface area contributed by atoms with Crippen molar-refractivity contribution >= 4 is 21.6 Å². The number of rotatable bonds is 7. The van der Waals surface area contributed by atoms with Gasteiger partial charge in [-0.15, -0.1) is 0 Å². The number of anilines is 1. The van der Waals surface area contributed by atoms with E-state index in [0.29, 0.717) is 48.9 Å². The monoisotopic (exact) mass is 434 g/mol. The lowest BCUT2D eigenvalue weighted by molar-refractivity contribution is -0.120. The highest BCUT2D eigenvalue weighted by Gasteiger charge is 2.29. The van der Waals surface area contributed by atoms with E-state index in [2.05, 4.69) is 5.32 Å². The number of carbonyl (C=O) groups excluding carboxylic acids is 1. The molecule has 2 aromatic carbocycles. The minimum Gasteiger partial charge on any atom is -0.497 e. The molecule has 0 radical (unpaired) electrons. The van der Waals surface area contributed by atoms with Crippen LogP contribution < -0.4 is 19.5 Å². The fourth-order valence-corrected chi connectivity index (χ4v) is 4.17. The Hall–Kier alpha value is -2.78. The third-order valence-corrected chi connectivity index (χ3v) is 6.32. The summed E-state index contributed by atoms with van der Waals surface area (Å²) in [6, 6.07) is 12.3. The van der Waals surface area contributed by atoms with Gasteiger partial charge in [0.05, 0.1) is 20.5 Å². The molecular weight excluding hydrogens is 408 g/mol. The highest BCUT2D eigenvalue weighted by atomic mass is 32.2. The molecule has 2 aromatic rings. The standard InChI is InChI=1S/C21H26N2O6S/c1-27-17-5-7-18(8-6-17)29-20-14-16(4-9-19(20)28-2)22-21(24)15-10-12-23(13-11-15)30(3,25)26/h4-9,14-15H,10-13H2,1-3H3,(H,22,24). The van der Waals surface area contributed by atoms with Gasteiger partial charge in [0.2, 0.25) is 15.9 Å². The predicted octanol–water partition coefficient (Wildman–Crippen LogP) is 3.11. The molecule has 0 unspecified atom stereocenters. The Morgan fingerprint density at radius 1 is 0.967 bits per heavy atom. The molecule has 1 aliphatic rings. The van der Waals surface area contributed by atoms with Gasteiger partial charge in [-0.3, -0.25) is 4.79 Å². The number of nitrogens with zero attached hydrogens (tertiary/aromatic N) is 1. The molecule has 1 heterocycles. The molecule has 9 heteroatoms. The van der Waals surface area contributed by atoms with Gasteiger partial charge in [-0.05, 0) is 49.2 Å². The summed E-state index contributed by atoms with van der Waals surface area (Å²) in [6.07, 6.45) is 2.17. The third kappa shape index (κ3) is 5.43. The van der Waals surface area contributed by atoms with E-state index in [4.69, 9.17) is 14.2 Å². The normalized spacial score (nSPS) is 15.4. The highest BCUT2D eigenvalue weighted by Crippen LogP contribution is 2.35. The molecule has 1 N–H and O–H groups in total. The number of sulfonamides is 1. The summed E-state index contributed by atoms with van der Waals surface area (Å²) in [5, 5.41) is 2.90. The molecule has 30 heavy (non-hydrogen) atoms. The van der Waals surface area contributed by atoms with Gasteiger partial charge in [0.25, 0.3) is 0 Å². The second kappa shape index (κ2) is 9.36. The Kier molecular flexibility index (Phi) is 6.84. The van der Waals surface area contributed by atoms with E-state index in [1.807, 2.05) is 0 Å². The Balaban J connectivity index is 1.67. The summed E-state index contributed by atoms with van der Waals surface area (Å²) >= 11 is 0. The predicted molar refractivity (Wildman–Crippen MR) is 114 cm³/mol. The van der Waals surface area contributed by atoms with Crippen LogP contribution in [0, 0.1) is 5.92 Å². The van der Waals surface area contributed by atoms with Gasteiger partial charge >= 0.3 is 0 Å². The lowest BCUT2D eigenvalue weighted by Gasteiger charge is -2.29. The minimum absolute atomic E-state index is 0.135. The van der Waals surface area contributed by atoms with Crippen molar-refractivity contribution < 1.29 is 27.4 Å². The number of piperidine rings is 1. The summed E-state index contributed by atoms with van der Waals surface area (Å²) in [5.41, 5.74) is 0.579. The summed E-state index contributed by atoms with van der Waals surface area (Å²) in [4.78, 5) is 12.7. The van der Waals surface area contributed by atoms with Crippen LogP contribution in [0.2, 0.25) is 0 Å². The summed E-state index contributed by atoms with van der Waals surface area (Å²) in [6.45, 7) is 0.705. The smallest absolute Gasteiger partial charge is 0.227 e. The fourth-order valence-electron chi connectivity index (χ4n) is 3.30. The van der Waals surface area contributed by atoms with E-state index in [1.54, 1.807) is 56.7 Å². The molecular formula is C21H26N2O6S. The first-order valence-corrected chi connectivity index (χ1v) is 11.4. The zero-order valence-corrected chi connectivity index (χ0v) is 18.1. The Labute approximate surface area is 176 Å². The molecule has 0 bridgehead atoms. The van der Waals surface area contributed by atoms with Crippen molar-refractivity contribution in [1.82, 2.24) is 4.31 Å². The largest absolute Gasteiger partial charge is 0.497 e. The Morgan fingerprint density at radius 3 is 2.17 bits per heavy atom. The number of benzene rings is 2. The summed E-state index contributed by atoms with van der Waals surface area (Å²) < 4.78 is 41.1. The molecule has 8 nitrogen and oxygen atoms in total. The summed E-state index contributed by atoms with van der Waals surface area (Å²) in [7, 11) is -0.0792. The van der Waals surface area contributed by atoms with Gasteiger partial charge in [0.15, 0.2) is 11.5 Å². The number of ether oxygens (including phenoxy) is 3.